The molecule has 0 N–H and O–H groups in total. The van der Waals surface area contributed by atoms with Crippen molar-refractivity contribution in [3.05, 3.63) is 78.1 Å². The zero-order chi connectivity index (χ0) is 16.9. The average molecular weight is 327 g/mol. The Hall–Kier alpha value is -2.82. The number of fused-ring (bicyclic) bond motifs is 1. The lowest BCUT2D eigenvalue weighted by Crippen LogP contribution is -2.15. The van der Waals surface area contributed by atoms with E-state index in [-0.39, 0.29) is 5.69 Å². The highest BCUT2D eigenvalue weighted by atomic mass is 19.3. The molecule has 122 valence electrons. The number of hydrogen-bond acceptors (Lipinski definition) is 3. The summed E-state index contributed by atoms with van der Waals surface area (Å²) in [7, 11) is 0. The molecule has 0 saturated carbocycles. The van der Waals surface area contributed by atoms with Crippen LogP contribution >= 0.6 is 0 Å². The number of alkyl halides is 2. The molecule has 1 unspecified atom stereocenters. The molecule has 5 heteroatoms. The van der Waals surface area contributed by atoms with Crippen LogP contribution in [0.25, 0.3) is 10.8 Å². The quantitative estimate of drug-likeness (QED) is 0.633. The number of halogens is 2. The number of carbonyl (C=O) groups excluding carboxylic acids is 1. The molecule has 24 heavy (non-hydrogen) atoms. The standard InChI is InChI=1S/C19H15F2NO2/c20-18(21)12-17(24-19(23)16-7-3-4-10-22-16)15-9-8-13-5-1-2-6-14(13)11-15/h1-11,17-18H,12H2. The van der Waals surface area contributed by atoms with Gasteiger partial charge < -0.3 is 4.74 Å². The minimum Gasteiger partial charge on any atom is -0.453 e. The van der Waals surface area contributed by atoms with Gasteiger partial charge in [-0.15, -0.1) is 0 Å². The zero-order valence-electron chi connectivity index (χ0n) is 12.7. The molecule has 3 rings (SSSR count). The first-order chi connectivity index (χ1) is 11.6. The summed E-state index contributed by atoms with van der Waals surface area (Å²) in [5, 5.41) is 1.90. The molecule has 1 heterocycles. The van der Waals surface area contributed by atoms with Gasteiger partial charge in [-0.05, 0) is 34.5 Å². The lowest BCUT2D eigenvalue weighted by Gasteiger charge is -2.18. The van der Waals surface area contributed by atoms with Crippen molar-refractivity contribution in [2.24, 2.45) is 0 Å². The zero-order valence-corrected chi connectivity index (χ0v) is 12.7. The molecule has 3 aromatic rings. The molecule has 1 aromatic heterocycles. The van der Waals surface area contributed by atoms with E-state index in [9.17, 15) is 13.6 Å². The van der Waals surface area contributed by atoms with E-state index in [1.54, 1.807) is 24.3 Å². The highest BCUT2D eigenvalue weighted by molar-refractivity contribution is 5.87. The van der Waals surface area contributed by atoms with Gasteiger partial charge >= 0.3 is 5.97 Å². The molecule has 3 nitrogen and oxygen atoms in total. The number of pyridine rings is 1. The Balaban J connectivity index is 1.88. The van der Waals surface area contributed by atoms with E-state index in [1.165, 1.54) is 12.3 Å². The topological polar surface area (TPSA) is 39.2 Å². The van der Waals surface area contributed by atoms with Crippen molar-refractivity contribution >= 4 is 16.7 Å². The molecule has 0 aliphatic carbocycles. The molecule has 0 radical (unpaired) electrons. The molecule has 1 atom stereocenters. The van der Waals surface area contributed by atoms with Gasteiger partial charge in [-0.3, -0.25) is 0 Å². The van der Waals surface area contributed by atoms with Crippen LogP contribution in [0.2, 0.25) is 0 Å². The van der Waals surface area contributed by atoms with Gasteiger partial charge in [0, 0.05) is 12.6 Å². The number of nitrogens with zero attached hydrogens (tertiary/aromatic N) is 1. The van der Waals surface area contributed by atoms with Crippen molar-refractivity contribution < 1.29 is 18.3 Å². The van der Waals surface area contributed by atoms with E-state index in [1.807, 2.05) is 30.3 Å². The van der Waals surface area contributed by atoms with E-state index in [0.717, 1.165) is 10.8 Å². The number of rotatable bonds is 5. The Morgan fingerprint density at radius 2 is 1.75 bits per heavy atom. The van der Waals surface area contributed by atoms with Gasteiger partial charge in [0.2, 0.25) is 6.43 Å². The first-order valence-corrected chi connectivity index (χ1v) is 7.52. The van der Waals surface area contributed by atoms with Crippen molar-refractivity contribution in [1.29, 1.82) is 0 Å². The Bertz CT molecular complexity index is 837. The van der Waals surface area contributed by atoms with Crippen LogP contribution in [0.3, 0.4) is 0 Å². The van der Waals surface area contributed by atoms with Crippen LogP contribution in [0.15, 0.2) is 66.9 Å². The van der Waals surface area contributed by atoms with Crippen molar-refractivity contribution in [3.8, 4) is 0 Å². The largest absolute Gasteiger partial charge is 0.453 e. The summed E-state index contributed by atoms with van der Waals surface area (Å²) in [5.74, 6) is -0.714. The van der Waals surface area contributed by atoms with Crippen molar-refractivity contribution in [2.75, 3.05) is 0 Å². The SMILES string of the molecule is O=C(OC(CC(F)F)c1ccc2ccccc2c1)c1ccccn1. The fourth-order valence-electron chi connectivity index (χ4n) is 2.50. The molecular formula is C19H15F2NO2. The smallest absolute Gasteiger partial charge is 0.357 e. The first kappa shape index (κ1) is 16.1. The predicted octanol–water partition coefficient (Wildman–Crippen LogP) is 4.79. The lowest BCUT2D eigenvalue weighted by atomic mass is 10.0. The molecule has 0 saturated heterocycles. The second kappa shape index (κ2) is 7.17. The van der Waals surface area contributed by atoms with Gasteiger partial charge in [0.05, 0.1) is 0 Å². The normalized spacial score (nSPS) is 12.3. The number of carbonyl (C=O) groups is 1. The van der Waals surface area contributed by atoms with Crippen molar-refractivity contribution in [3.63, 3.8) is 0 Å². The van der Waals surface area contributed by atoms with E-state index >= 15 is 0 Å². The van der Waals surface area contributed by atoms with Crippen LogP contribution in [0, 0.1) is 0 Å². The van der Waals surface area contributed by atoms with Crippen LogP contribution in [-0.4, -0.2) is 17.4 Å². The van der Waals surface area contributed by atoms with Gasteiger partial charge in [0.25, 0.3) is 0 Å². The summed E-state index contributed by atoms with van der Waals surface area (Å²) in [5.41, 5.74) is 0.635. The van der Waals surface area contributed by atoms with Gasteiger partial charge in [-0.2, -0.15) is 0 Å². The maximum Gasteiger partial charge on any atom is 0.357 e. The second-order valence-electron chi connectivity index (χ2n) is 5.34. The fourth-order valence-corrected chi connectivity index (χ4v) is 2.50. The Kier molecular flexibility index (Phi) is 4.79. The molecule has 2 aromatic carbocycles. The summed E-state index contributed by atoms with van der Waals surface area (Å²) in [4.78, 5) is 16.0. The van der Waals surface area contributed by atoms with E-state index in [4.69, 9.17) is 4.74 Å². The van der Waals surface area contributed by atoms with E-state index in [2.05, 4.69) is 4.98 Å². The monoisotopic (exact) mass is 327 g/mol. The van der Waals surface area contributed by atoms with Crippen LogP contribution in [0.1, 0.15) is 28.6 Å². The first-order valence-electron chi connectivity index (χ1n) is 7.52. The number of ether oxygens (including phenoxy) is 1. The Morgan fingerprint density at radius 3 is 2.46 bits per heavy atom. The third-order valence-corrected chi connectivity index (χ3v) is 3.66. The highest BCUT2D eigenvalue weighted by Crippen LogP contribution is 2.28. The fraction of sp³-hybridized carbons (Fsp3) is 0.158. The Morgan fingerprint density at radius 1 is 1.00 bits per heavy atom. The van der Waals surface area contributed by atoms with Gasteiger partial charge in [-0.25, -0.2) is 18.6 Å². The lowest BCUT2D eigenvalue weighted by molar-refractivity contribution is 0.00775. The van der Waals surface area contributed by atoms with Crippen LogP contribution in [-0.2, 0) is 4.74 Å². The molecule has 0 aliphatic rings. The van der Waals surface area contributed by atoms with E-state index < -0.39 is 24.9 Å². The van der Waals surface area contributed by atoms with Crippen molar-refractivity contribution in [2.45, 2.75) is 19.0 Å². The average Bonchev–Trinajstić information content (AvgIpc) is 2.61. The highest BCUT2D eigenvalue weighted by Gasteiger charge is 2.23. The Labute approximate surface area is 137 Å². The van der Waals surface area contributed by atoms with Crippen LogP contribution in [0.5, 0.6) is 0 Å². The molecular weight excluding hydrogens is 312 g/mol. The minimum absolute atomic E-state index is 0.0950. The van der Waals surface area contributed by atoms with Crippen molar-refractivity contribution in [1.82, 2.24) is 4.98 Å². The summed E-state index contributed by atoms with van der Waals surface area (Å²) in [6.07, 6.45) is -2.71. The molecule has 0 fully saturated rings. The number of hydrogen-bond donors (Lipinski definition) is 0. The molecule has 0 bridgehead atoms. The summed E-state index contributed by atoms with van der Waals surface area (Å²) in [6.45, 7) is 0. The van der Waals surface area contributed by atoms with E-state index in [0.29, 0.717) is 5.56 Å². The number of esters is 1. The van der Waals surface area contributed by atoms with Crippen LogP contribution in [0.4, 0.5) is 8.78 Å². The third-order valence-electron chi connectivity index (χ3n) is 3.66. The van der Waals surface area contributed by atoms with Gasteiger partial charge in [0.1, 0.15) is 11.8 Å². The van der Waals surface area contributed by atoms with Gasteiger partial charge in [-0.1, -0.05) is 42.5 Å². The molecule has 0 aliphatic heterocycles. The summed E-state index contributed by atoms with van der Waals surface area (Å²) >= 11 is 0. The predicted molar refractivity (Wildman–Crippen MR) is 87.0 cm³/mol. The third kappa shape index (κ3) is 3.74. The summed E-state index contributed by atoms with van der Waals surface area (Å²) in [6, 6.07) is 17.7. The summed E-state index contributed by atoms with van der Waals surface area (Å²) < 4.78 is 31.2. The maximum absolute atomic E-state index is 12.9. The second-order valence-corrected chi connectivity index (χ2v) is 5.34. The minimum atomic E-state index is -2.59. The maximum atomic E-state index is 12.9. The van der Waals surface area contributed by atoms with Gasteiger partial charge in [0.15, 0.2) is 0 Å². The molecule has 0 spiro atoms. The molecule has 0 amide bonds. The number of benzene rings is 2. The number of aromatic nitrogens is 1. The van der Waals surface area contributed by atoms with Crippen LogP contribution < -0.4 is 0 Å².